The average molecular weight is 348 g/mol. The molecular formula is C12H5BrF3NO3. The second-order valence-corrected chi connectivity index (χ2v) is 4.61. The van der Waals surface area contributed by atoms with E-state index in [1.165, 1.54) is 18.2 Å². The van der Waals surface area contributed by atoms with Crippen molar-refractivity contribution in [3.63, 3.8) is 0 Å². The zero-order valence-electron chi connectivity index (χ0n) is 9.57. The highest BCUT2D eigenvalue weighted by Crippen LogP contribution is 2.43. The number of halogens is 4. The maximum Gasteiger partial charge on any atom is 0.586 e. The number of rotatable bonds is 2. The van der Waals surface area contributed by atoms with Crippen LogP contribution in [-0.4, -0.2) is 11.3 Å². The molecule has 2 aromatic rings. The van der Waals surface area contributed by atoms with Crippen molar-refractivity contribution in [2.45, 2.75) is 6.29 Å². The molecule has 0 bridgehead atoms. The number of ether oxygens (including phenoxy) is 3. The Morgan fingerprint density at radius 2 is 1.85 bits per heavy atom. The molecule has 0 aliphatic carbocycles. The Hall–Kier alpha value is -1.96. The maximum atomic E-state index is 13.5. The Morgan fingerprint density at radius 1 is 1.10 bits per heavy atom. The molecule has 3 rings (SSSR count). The van der Waals surface area contributed by atoms with Gasteiger partial charge in [0.05, 0.1) is 0 Å². The Bertz CT molecular complexity index is 681. The summed E-state index contributed by atoms with van der Waals surface area (Å²) in [4.78, 5) is 3.79. The third-order valence-corrected chi connectivity index (χ3v) is 2.81. The van der Waals surface area contributed by atoms with E-state index < -0.39 is 12.1 Å². The summed E-state index contributed by atoms with van der Waals surface area (Å²) in [6.45, 7) is 0. The van der Waals surface area contributed by atoms with Gasteiger partial charge in [-0.2, -0.15) is 0 Å². The van der Waals surface area contributed by atoms with E-state index in [-0.39, 0.29) is 23.1 Å². The smallest absolute Gasteiger partial charge is 0.436 e. The van der Waals surface area contributed by atoms with Gasteiger partial charge in [0.2, 0.25) is 0 Å². The normalized spacial score (nSPS) is 15.2. The molecule has 2 heterocycles. The first-order valence-electron chi connectivity index (χ1n) is 5.33. The first-order valence-corrected chi connectivity index (χ1v) is 6.12. The predicted octanol–water partition coefficient (Wildman–Crippen LogP) is 4.10. The number of hydrogen-bond donors (Lipinski definition) is 0. The van der Waals surface area contributed by atoms with Crippen LogP contribution in [0.25, 0.3) is 0 Å². The second-order valence-electron chi connectivity index (χ2n) is 3.80. The molecule has 0 atom stereocenters. The van der Waals surface area contributed by atoms with Gasteiger partial charge in [-0.1, -0.05) is 0 Å². The molecule has 0 saturated carbocycles. The van der Waals surface area contributed by atoms with Gasteiger partial charge in [0.25, 0.3) is 5.88 Å². The van der Waals surface area contributed by atoms with Crippen molar-refractivity contribution in [3.8, 4) is 23.1 Å². The average Bonchev–Trinajstić information content (AvgIpc) is 2.67. The van der Waals surface area contributed by atoms with E-state index in [1.807, 2.05) is 0 Å². The maximum absolute atomic E-state index is 13.5. The number of fused-ring (bicyclic) bond motifs is 1. The summed E-state index contributed by atoms with van der Waals surface area (Å²) in [6, 6.07) is 6.31. The van der Waals surface area contributed by atoms with Gasteiger partial charge in [0.15, 0.2) is 17.3 Å². The molecule has 0 spiro atoms. The van der Waals surface area contributed by atoms with Gasteiger partial charge in [-0.3, -0.25) is 0 Å². The third-order valence-electron chi connectivity index (χ3n) is 2.37. The van der Waals surface area contributed by atoms with Crippen molar-refractivity contribution in [1.82, 2.24) is 4.98 Å². The number of pyridine rings is 1. The van der Waals surface area contributed by atoms with Crippen LogP contribution in [0.2, 0.25) is 0 Å². The van der Waals surface area contributed by atoms with Crippen molar-refractivity contribution in [2.75, 3.05) is 0 Å². The van der Waals surface area contributed by atoms with Crippen molar-refractivity contribution >= 4 is 15.9 Å². The quantitative estimate of drug-likeness (QED) is 0.767. The van der Waals surface area contributed by atoms with Crippen LogP contribution in [0.3, 0.4) is 0 Å². The second kappa shape index (κ2) is 4.55. The van der Waals surface area contributed by atoms with Crippen LogP contribution >= 0.6 is 15.9 Å². The van der Waals surface area contributed by atoms with Crippen LogP contribution in [-0.2, 0) is 0 Å². The van der Waals surface area contributed by atoms with E-state index in [2.05, 4.69) is 30.4 Å². The molecule has 0 fully saturated rings. The van der Waals surface area contributed by atoms with Crippen LogP contribution in [0.15, 0.2) is 34.9 Å². The van der Waals surface area contributed by atoms with Gasteiger partial charge < -0.3 is 14.2 Å². The van der Waals surface area contributed by atoms with E-state index in [4.69, 9.17) is 4.74 Å². The SMILES string of the molecule is Fc1ccc(Br)nc1Oc1ccc2c(c1)OC(F)(F)O2. The number of nitrogens with zero attached hydrogens (tertiary/aromatic N) is 1. The van der Waals surface area contributed by atoms with Crippen LogP contribution in [0.5, 0.6) is 23.1 Å². The Morgan fingerprint density at radius 3 is 2.65 bits per heavy atom. The third kappa shape index (κ3) is 2.51. The number of benzene rings is 1. The molecule has 0 radical (unpaired) electrons. The molecule has 20 heavy (non-hydrogen) atoms. The Balaban J connectivity index is 1.88. The van der Waals surface area contributed by atoms with Crippen LogP contribution in [0, 0.1) is 5.82 Å². The summed E-state index contributed by atoms with van der Waals surface area (Å²) in [5, 5.41) is 0. The van der Waals surface area contributed by atoms with E-state index >= 15 is 0 Å². The first-order chi connectivity index (χ1) is 9.43. The molecule has 4 nitrogen and oxygen atoms in total. The summed E-state index contributed by atoms with van der Waals surface area (Å²) in [7, 11) is 0. The van der Waals surface area contributed by atoms with E-state index in [0.29, 0.717) is 4.60 Å². The molecule has 0 N–H and O–H groups in total. The van der Waals surface area contributed by atoms with Crippen molar-refractivity contribution in [2.24, 2.45) is 0 Å². The topological polar surface area (TPSA) is 40.6 Å². The van der Waals surface area contributed by atoms with Gasteiger partial charge in [0.1, 0.15) is 10.4 Å². The van der Waals surface area contributed by atoms with Gasteiger partial charge in [-0.05, 0) is 40.2 Å². The molecule has 0 saturated heterocycles. The minimum atomic E-state index is -3.71. The lowest BCUT2D eigenvalue weighted by Gasteiger charge is -2.06. The van der Waals surface area contributed by atoms with Gasteiger partial charge in [-0.15, -0.1) is 8.78 Å². The molecule has 8 heteroatoms. The van der Waals surface area contributed by atoms with Gasteiger partial charge >= 0.3 is 6.29 Å². The summed E-state index contributed by atoms with van der Waals surface area (Å²) in [5.74, 6) is -1.19. The summed E-state index contributed by atoms with van der Waals surface area (Å²) >= 11 is 3.07. The largest absolute Gasteiger partial charge is 0.586 e. The lowest BCUT2D eigenvalue weighted by Crippen LogP contribution is -2.25. The predicted molar refractivity (Wildman–Crippen MR) is 64.6 cm³/mol. The van der Waals surface area contributed by atoms with Gasteiger partial charge in [0, 0.05) is 6.07 Å². The van der Waals surface area contributed by atoms with E-state index in [0.717, 1.165) is 12.1 Å². The molecule has 1 aliphatic heterocycles. The molecule has 0 amide bonds. The number of aromatic nitrogens is 1. The van der Waals surface area contributed by atoms with Crippen molar-refractivity contribution in [3.05, 3.63) is 40.8 Å². The zero-order chi connectivity index (χ0) is 14.3. The van der Waals surface area contributed by atoms with E-state index in [9.17, 15) is 13.2 Å². The van der Waals surface area contributed by atoms with Crippen LogP contribution in [0.4, 0.5) is 13.2 Å². The minimum Gasteiger partial charge on any atom is -0.436 e. The lowest BCUT2D eigenvalue weighted by atomic mass is 10.3. The summed E-state index contributed by atoms with van der Waals surface area (Å²) in [6.07, 6.45) is -3.71. The van der Waals surface area contributed by atoms with Gasteiger partial charge in [-0.25, -0.2) is 9.37 Å². The fourth-order valence-corrected chi connectivity index (χ4v) is 1.87. The van der Waals surface area contributed by atoms with Crippen LogP contribution < -0.4 is 14.2 Å². The zero-order valence-corrected chi connectivity index (χ0v) is 11.2. The van der Waals surface area contributed by atoms with Crippen LogP contribution in [0.1, 0.15) is 0 Å². The fourth-order valence-electron chi connectivity index (χ4n) is 1.58. The highest BCUT2D eigenvalue weighted by molar-refractivity contribution is 9.10. The molecule has 104 valence electrons. The summed E-state index contributed by atoms with van der Waals surface area (Å²) in [5.41, 5.74) is 0. The molecule has 0 unspecified atom stereocenters. The minimum absolute atomic E-state index is 0.0922. The molecule has 1 aliphatic rings. The summed E-state index contributed by atoms with van der Waals surface area (Å²) < 4.78 is 53.2. The Labute approximate surface area is 119 Å². The molecule has 1 aromatic heterocycles. The first kappa shape index (κ1) is 13.0. The van der Waals surface area contributed by atoms with Crippen molar-refractivity contribution in [1.29, 1.82) is 0 Å². The molecular weight excluding hydrogens is 343 g/mol. The highest BCUT2D eigenvalue weighted by Gasteiger charge is 2.43. The highest BCUT2D eigenvalue weighted by atomic mass is 79.9. The molecule has 1 aromatic carbocycles. The van der Waals surface area contributed by atoms with E-state index in [1.54, 1.807) is 0 Å². The monoisotopic (exact) mass is 347 g/mol. The Kier molecular flexibility index (Phi) is 2.97. The fraction of sp³-hybridized carbons (Fsp3) is 0.0833. The number of hydrogen-bond acceptors (Lipinski definition) is 4. The van der Waals surface area contributed by atoms with Crippen molar-refractivity contribution < 1.29 is 27.4 Å². The standard InChI is InChI=1S/C12H5BrF3NO3/c13-10-4-2-7(14)11(17-10)18-6-1-3-8-9(5-6)20-12(15,16)19-8/h1-5H. The lowest BCUT2D eigenvalue weighted by molar-refractivity contribution is -0.286. The number of alkyl halides is 2.